The number of rotatable bonds is 14. The van der Waals surface area contributed by atoms with Crippen LogP contribution in [0.15, 0.2) is 18.2 Å². The lowest BCUT2D eigenvalue weighted by atomic mass is 10.1. The number of carbonyl (C=O) groups excluding carboxylic acids is 1. The van der Waals surface area contributed by atoms with Gasteiger partial charge in [-0.15, -0.1) is 0 Å². The Morgan fingerprint density at radius 3 is 2.12 bits per heavy atom. The molecule has 0 amide bonds. The number of hydrogen-bond acceptors (Lipinski definition) is 3. The van der Waals surface area contributed by atoms with E-state index in [1.54, 1.807) is 18.2 Å². The van der Waals surface area contributed by atoms with Crippen LogP contribution in [0.5, 0.6) is 11.5 Å². The molecule has 25 heavy (non-hydrogen) atoms. The van der Waals surface area contributed by atoms with Crippen molar-refractivity contribution in [3.63, 3.8) is 0 Å². The molecule has 0 heterocycles. The molecule has 0 bridgehead atoms. The van der Waals surface area contributed by atoms with Gasteiger partial charge in [-0.2, -0.15) is 0 Å². The SMILES string of the molecule is CCCCCCCCCCCC(=O)Oc1ccc(O)c(CCCC)c1. The lowest BCUT2D eigenvalue weighted by Gasteiger charge is -2.08. The Hall–Kier alpha value is -1.51. The van der Waals surface area contributed by atoms with Crippen molar-refractivity contribution in [3.05, 3.63) is 23.8 Å². The molecule has 3 nitrogen and oxygen atoms in total. The summed E-state index contributed by atoms with van der Waals surface area (Å²) in [6.07, 6.45) is 14.5. The van der Waals surface area contributed by atoms with Gasteiger partial charge in [-0.25, -0.2) is 0 Å². The molecule has 0 radical (unpaired) electrons. The van der Waals surface area contributed by atoms with Crippen molar-refractivity contribution in [2.45, 2.75) is 97.3 Å². The number of carbonyl (C=O) groups is 1. The van der Waals surface area contributed by atoms with Crippen molar-refractivity contribution in [2.75, 3.05) is 0 Å². The predicted octanol–water partition coefficient (Wildman–Crippen LogP) is 6.56. The van der Waals surface area contributed by atoms with Crippen LogP contribution in [0.4, 0.5) is 0 Å². The zero-order valence-electron chi connectivity index (χ0n) is 16.2. The summed E-state index contributed by atoms with van der Waals surface area (Å²) in [5.41, 5.74) is 0.857. The Morgan fingerprint density at radius 2 is 1.48 bits per heavy atom. The molecule has 3 heteroatoms. The van der Waals surface area contributed by atoms with E-state index in [0.29, 0.717) is 12.2 Å². The lowest BCUT2D eigenvalue weighted by molar-refractivity contribution is -0.134. The molecule has 142 valence electrons. The van der Waals surface area contributed by atoms with Crippen LogP contribution in [0.3, 0.4) is 0 Å². The second-order valence-electron chi connectivity index (χ2n) is 6.95. The van der Waals surface area contributed by atoms with E-state index in [1.807, 2.05) is 0 Å². The van der Waals surface area contributed by atoms with Gasteiger partial charge < -0.3 is 9.84 Å². The molecular weight excluding hydrogens is 312 g/mol. The van der Waals surface area contributed by atoms with Crippen LogP contribution < -0.4 is 4.74 Å². The van der Waals surface area contributed by atoms with Crippen LogP contribution in [0.25, 0.3) is 0 Å². The van der Waals surface area contributed by atoms with E-state index < -0.39 is 0 Å². The molecule has 0 unspecified atom stereocenters. The van der Waals surface area contributed by atoms with E-state index >= 15 is 0 Å². The van der Waals surface area contributed by atoms with Gasteiger partial charge in [0.1, 0.15) is 11.5 Å². The molecule has 0 atom stereocenters. The van der Waals surface area contributed by atoms with Crippen LogP contribution in [0.1, 0.15) is 96.5 Å². The van der Waals surface area contributed by atoms with Crippen LogP contribution in [0.2, 0.25) is 0 Å². The van der Waals surface area contributed by atoms with E-state index in [1.165, 1.54) is 44.9 Å². The summed E-state index contributed by atoms with van der Waals surface area (Å²) in [4.78, 5) is 11.9. The summed E-state index contributed by atoms with van der Waals surface area (Å²) in [5, 5.41) is 9.85. The zero-order valence-corrected chi connectivity index (χ0v) is 16.2. The van der Waals surface area contributed by atoms with Gasteiger partial charge in [0.2, 0.25) is 0 Å². The number of phenols is 1. The standard InChI is InChI=1S/C22H36O3/c1-3-5-7-8-9-10-11-12-13-15-22(24)25-20-16-17-21(23)19(18-20)14-6-4-2/h16-18,23H,3-15H2,1-2H3. The smallest absolute Gasteiger partial charge is 0.311 e. The number of hydrogen-bond donors (Lipinski definition) is 1. The number of unbranched alkanes of at least 4 members (excludes halogenated alkanes) is 9. The second-order valence-corrected chi connectivity index (χ2v) is 6.95. The minimum absolute atomic E-state index is 0.171. The largest absolute Gasteiger partial charge is 0.508 e. The van der Waals surface area contributed by atoms with Gasteiger partial charge in [-0.1, -0.05) is 71.6 Å². The first-order valence-corrected chi connectivity index (χ1v) is 10.2. The van der Waals surface area contributed by atoms with Crippen molar-refractivity contribution >= 4 is 5.97 Å². The summed E-state index contributed by atoms with van der Waals surface area (Å²) in [5.74, 6) is 0.659. The van der Waals surface area contributed by atoms with Crippen LogP contribution in [0, 0.1) is 0 Å². The highest BCUT2D eigenvalue weighted by Crippen LogP contribution is 2.25. The molecule has 1 aromatic rings. The quantitative estimate of drug-likeness (QED) is 0.235. The van der Waals surface area contributed by atoms with Gasteiger partial charge in [0, 0.05) is 6.42 Å². The third kappa shape index (κ3) is 10.2. The summed E-state index contributed by atoms with van der Waals surface area (Å²) in [6, 6.07) is 5.07. The zero-order chi connectivity index (χ0) is 18.3. The average Bonchev–Trinajstić information content (AvgIpc) is 2.60. The number of benzene rings is 1. The summed E-state index contributed by atoms with van der Waals surface area (Å²) in [6.45, 7) is 4.36. The maximum absolute atomic E-state index is 11.9. The van der Waals surface area contributed by atoms with Crippen molar-refractivity contribution < 1.29 is 14.6 Å². The molecule has 1 aromatic carbocycles. The monoisotopic (exact) mass is 348 g/mol. The first-order valence-electron chi connectivity index (χ1n) is 10.2. The van der Waals surface area contributed by atoms with Gasteiger partial charge in [0.15, 0.2) is 0 Å². The highest BCUT2D eigenvalue weighted by molar-refractivity contribution is 5.72. The fraction of sp³-hybridized carbons (Fsp3) is 0.682. The van der Waals surface area contributed by atoms with Gasteiger partial charge in [-0.05, 0) is 43.0 Å². The van der Waals surface area contributed by atoms with Gasteiger partial charge in [0.25, 0.3) is 0 Å². The highest BCUT2D eigenvalue weighted by Gasteiger charge is 2.08. The van der Waals surface area contributed by atoms with E-state index in [9.17, 15) is 9.90 Å². The Labute approximate surface area is 153 Å². The average molecular weight is 349 g/mol. The highest BCUT2D eigenvalue weighted by atomic mass is 16.5. The molecule has 0 aliphatic heterocycles. The van der Waals surface area contributed by atoms with E-state index in [4.69, 9.17) is 4.74 Å². The Balaban J connectivity index is 2.17. The topological polar surface area (TPSA) is 46.5 Å². The van der Waals surface area contributed by atoms with Gasteiger partial charge >= 0.3 is 5.97 Å². The number of ether oxygens (including phenoxy) is 1. The van der Waals surface area contributed by atoms with Crippen molar-refractivity contribution in [2.24, 2.45) is 0 Å². The van der Waals surface area contributed by atoms with Crippen molar-refractivity contribution in [1.29, 1.82) is 0 Å². The van der Waals surface area contributed by atoms with E-state index in [-0.39, 0.29) is 11.7 Å². The van der Waals surface area contributed by atoms with Gasteiger partial charge in [0.05, 0.1) is 0 Å². The maximum Gasteiger partial charge on any atom is 0.311 e. The molecule has 0 saturated carbocycles. The molecule has 1 rings (SSSR count). The second kappa shape index (κ2) is 13.7. The minimum atomic E-state index is -0.171. The normalized spacial score (nSPS) is 10.8. The molecule has 0 aliphatic rings. The fourth-order valence-corrected chi connectivity index (χ4v) is 2.96. The number of aryl methyl sites for hydroxylation is 1. The molecule has 0 spiro atoms. The maximum atomic E-state index is 11.9. The van der Waals surface area contributed by atoms with Gasteiger partial charge in [-0.3, -0.25) is 4.79 Å². The molecule has 0 aliphatic carbocycles. The summed E-state index contributed by atoms with van der Waals surface area (Å²) < 4.78 is 5.41. The fourth-order valence-electron chi connectivity index (χ4n) is 2.96. The molecule has 0 aromatic heterocycles. The van der Waals surface area contributed by atoms with Crippen LogP contribution in [-0.4, -0.2) is 11.1 Å². The predicted molar refractivity (Wildman–Crippen MR) is 104 cm³/mol. The first kappa shape index (κ1) is 21.5. The van der Waals surface area contributed by atoms with Crippen LogP contribution >= 0.6 is 0 Å². The molecular formula is C22H36O3. The summed E-state index contributed by atoms with van der Waals surface area (Å²) >= 11 is 0. The molecule has 1 N–H and O–H groups in total. The number of phenolic OH excluding ortho intramolecular Hbond substituents is 1. The number of aromatic hydroxyl groups is 1. The lowest BCUT2D eigenvalue weighted by Crippen LogP contribution is -2.07. The molecule has 0 saturated heterocycles. The Kier molecular flexibility index (Phi) is 11.8. The Bertz CT molecular complexity index is 482. The molecule has 0 fully saturated rings. The van der Waals surface area contributed by atoms with Crippen molar-refractivity contribution in [1.82, 2.24) is 0 Å². The Morgan fingerprint density at radius 1 is 0.880 bits per heavy atom. The third-order valence-electron chi connectivity index (χ3n) is 4.57. The summed E-state index contributed by atoms with van der Waals surface area (Å²) in [7, 11) is 0. The van der Waals surface area contributed by atoms with E-state index in [0.717, 1.165) is 37.7 Å². The minimum Gasteiger partial charge on any atom is -0.508 e. The van der Waals surface area contributed by atoms with Crippen molar-refractivity contribution in [3.8, 4) is 11.5 Å². The third-order valence-corrected chi connectivity index (χ3v) is 4.57. The first-order chi connectivity index (χ1) is 12.2. The van der Waals surface area contributed by atoms with Crippen LogP contribution in [-0.2, 0) is 11.2 Å². The number of esters is 1. The van der Waals surface area contributed by atoms with E-state index in [2.05, 4.69) is 13.8 Å².